The van der Waals surface area contributed by atoms with E-state index in [2.05, 4.69) is 10.6 Å². The van der Waals surface area contributed by atoms with Crippen LogP contribution in [0.25, 0.3) is 0 Å². The van der Waals surface area contributed by atoms with E-state index in [0.29, 0.717) is 5.56 Å². The van der Waals surface area contributed by atoms with E-state index in [1.54, 1.807) is 24.3 Å². The van der Waals surface area contributed by atoms with E-state index in [1.165, 1.54) is 24.3 Å². The summed E-state index contributed by atoms with van der Waals surface area (Å²) < 4.78 is 5.09. The molecule has 0 aliphatic rings. The Morgan fingerprint density at radius 3 is 2.12 bits per heavy atom. The maximum absolute atomic E-state index is 12.7. The zero-order valence-electron chi connectivity index (χ0n) is 17.6. The summed E-state index contributed by atoms with van der Waals surface area (Å²) in [6, 6.07) is 12.1. The first-order chi connectivity index (χ1) is 15.8. The fraction of sp³-hybridized carbons (Fsp3) is 0.273. The second kappa shape index (κ2) is 12.7. The summed E-state index contributed by atoms with van der Waals surface area (Å²) in [4.78, 5) is 47.8. The van der Waals surface area contributed by atoms with Crippen molar-refractivity contribution in [1.82, 2.24) is 16.0 Å². The lowest BCUT2D eigenvalue weighted by Crippen LogP contribution is -2.55. The zero-order chi connectivity index (χ0) is 24.2. The number of hydrogen-bond donors (Lipinski definition) is 6. The number of hydrogen-bond acceptors (Lipinski definition) is 7. The molecule has 0 bridgehead atoms. The molecule has 176 valence electrons. The topological polar surface area (TPSA) is 174 Å². The molecule has 0 aliphatic heterocycles. The van der Waals surface area contributed by atoms with Gasteiger partial charge >= 0.3 is 12.1 Å². The van der Waals surface area contributed by atoms with Gasteiger partial charge in [-0.2, -0.15) is 0 Å². The quantitative estimate of drug-likeness (QED) is 0.253. The van der Waals surface area contributed by atoms with Crippen LogP contribution in [0.15, 0.2) is 54.6 Å². The van der Waals surface area contributed by atoms with Gasteiger partial charge in [-0.25, -0.2) is 4.79 Å². The van der Waals surface area contributed by atoms with Gasteiger partial charge in [0, 0.05) is 6.42 Å². The van der Waals surface area contributed by atoms with Gasteiger partial charge in [-0.05, 0) is 23.3 Å². The molecular weight excluding hydrogens is 434 g/mol. The van der Waals surface area contributed by atoms with Gasteiger partial charge in [-0.1, -0.05) is 42.5 Å². The molecule has 11 nitrogen and oxygen atoms in total. The van der Waals surface area contributed by atoms with Crippen molar-refractivity contribution in [3.63, 3.8) is 0 Å². The number of carbonyl (C=O) groups is 4. The Morgan fingerprint density at radius 1 is 0.848 bits per heavy atom. The van der Waals surface area contributed by atoms with E-state index >= 15 is 0 Å². The van der Waals surface area contributed by atoms with Crippen LogP contribution in [0.4, 0.5) is 4.79 Å². The molecule has 11 heteroatoms. The van der Waals surface area contributed by atoms with E-state index < -0.39 is 49.1 Å². The van der Waals surface area contributed by atoms with Gasteiger partial charge < -0.3 is 36.0 Å². The first-order valence-corrected chi connectivity index (χ1v) is 9.94. The summed E-state index contributed by atoms with van der Waals surface area (Å²) in [5.41, 5.74) is 1.35. The van der Waals surface area contributed by atoms with E-state index in [-0.39, 0.29) is 18.8 Å². The molecule has 0 fully saturated rings. The summed E-state index contributed by atoms with van der Waals surface area (Å²) in [5.74, 6) is -2.33. The maximum atomic E-state index is 12.7. The molecule has 33 heavy (non-hydrogen) atoms. The van der Waals surface area contributed by atoms with Gasteiger partial charge in [0.25, 0.3) is 0 Å². The Balaban J connectivity index is 2.00. The van der Waals surface area contributed by atoms with E-state index in [1.807, 2.05) is 11.4 Å². The van der Waals surface area contributed by atoms with Crippen LogP contribution >= 0.6 is 0 Å². The van der Waals surface area contributed by atoms with Crippen LogP contribution in [0.1, 0.15) is 11.1 Å². The molecule has 0 aromatic heterocycles. The highest BCUT2D eigenvalue weighted by atomic mass is 16.5. The van der Waals surface area contributed by atoms with Crippen molar-refractivity contribution in [2.24, 2.45) is 0 Å². The molecule has 0 saturated heterocycles. The molecule has 2 rings (SSSR count). The van der Waals surface area contributed by atoms with Crippen LogP contribution in [0, 0.1) is 0 Å². The molecule has 6 N–H and O–H groups in total. The number of nitrogens with one attached hydrogen (secondary N) is 3. The van der Waals surface area contributed by atoms with Crippen molar-refractivity contribution >= 4 is 23.9 Å². The van der Waals surface area contributed by atoms with Gasteiger partial charge in [0.2, 0.25) is 11.8 Å². The predicted molar refractivity (Wildman–Crippen MR) is 115 cm³/mol. The van der Waals surface area contributed by atoms with Crippen LogP contribution in [0.5, 0.6) is 5.75 Å². The van der Waals surface area contributed by atoms with Crippen molar-refractivity contribution in [1.29, 1.82) is 0 Å². The van der Waals surface area contributed by atoms with Crippen molar-refractivity contribution in [3.8, 4) is 5.75 Å². The average molecular weight is 459 g/mol. The number of esters is 1. The number of amides is 3. The predicted octanol–water partition coefficient (Wildman–Crippen LogP) is -0.0924. The van der Waals surface area contributed by atoms with Gasteiger partial charge in [0.05, 0.1) is 6.61 Å². The standard InChI is InChI=1S/C22H25N3O8/c26-12-18(25-22(31)32)21(30)24-17(10-14-6-8-16(27)9-7-14)20(29)23-11-19(28)33-13-15-4-2-1-3-5-15/h1-9,17-18,25-27H,10-13H2,(H,23,29)(H,24,30)(H,31,32)/t17-,18-/m0/s1. The lowest BCUT2D eigenvalue weighted by atomic mass is 10.0. The second-order valence-electron chi connectivity index (χ2n) is 6.98. The largest absolute Gasteiger partial charge is 0.508 e. The van der Waals surface area contributed by atoms with Crippen molar-refractivity contribution in [2.45, 2.75) is 25.1 Å². The molecule has 0 spiro atoms. The minimum Gasteiger partial charge on any atom is -0.508 e. The summed E-state index contributed by atoms with van der Waals surface area (Å²) in [6.45, 7) is -1.25. The summed E-state index contributed by atoms with van der Waals surface area (Å²) in [5, 5.41) is 34.1. The maximum Gasteiger partial charge on any atom is 0.405 e. The molecule has 3 amide bonds. The third kappa shape index (κ3) is 8.87. The highest BCUT2D eigenvalue weighted by Gasteiger charge is 2.27. The third-order valence-electron chi connectivity index (χ3n) is 4.46. The average Bonchev–Trinajstić information content (AvgIpc) is 2.81. The first-order valence-electron chi connectivity index (χ1n) is 9.94. The number of carbonyl (C=O) groups excluding carboxylic acids is 3. The number of phenols is 1. The van der Waals surface area contributed by atoms with Crippen molar-refractivity contribution in [2.75, 3.05) is 13.2 Å². The van der Waals surface area contributed by atoms with Crippen molar-refractivity contribution in [3.05, 3.63) is 65.7 Å². The van der Waals surface area contributed by atoms with E-state index in [4.69, 9.17) is 9.84 Å². The number of aliphatic hydroxyl groups excluding tert-OH is 1. The molecule has 2 atom stereocenters. The van der Waals surface area contributed by atoms with Crippen LogP contribution < -0.4 is 16.0 Å². The Labute approximate surface area is 189 Å². The zero-order valence-corrected chi connectivity index (χ0v) is 17.6. The van der Waals surface area contributed by atoms with E-state index in [0.717, 1.165) is 5.56 Å². The molecule has 0 unspecified atom stereocenters. The number of aromatic hydroxyl groups is 1. The molecule has 0 saturated carbocycles. The van der Waals surface area contributed by atoms with Crippen LogP contribution in [0.2, 0.25) is 0 Å². The Bertz CT molecular complexity index is 950. The molecule has 0 heterocycles. The van der Waals surface area contributed by atoms with Crippen molar-refractivity contribution < 1.29 is 39.2 Å². The van der Waals surface area contributed by atoms with Crippen LogP contribution in [0.3, 0.4) is 0 Å². The summed E-state index contributed by atoms with van der Waals surface area (Å²) in [7, 11) is 0. The fourth-order valence-electron chi connectivity index (χ4n) is 2.76. The summed E-state index contributed by atoms with van der Waals surface area (Å²) in [6.07, 6.45) is -1.55. The normalized spacial score (nSPS) is 12.2. The number of aliphatic hydroxyl groups is 1. The second-order valence-corrected chi connectivity index (χ2v) is 6.98. The molecule has 0 aliphatic carbocycles. The van der Waals surface area contributed by atoms with Gasteiger partial charge in [-0.3, -0.25) is 14.4 Å². The Hall–Kier alpha value is -4.12. The van der Waals surface area contributed by atoms with Gasteiger partial charge in [0.15, 0.2) is 0 Å². The Kier molecular flexibility index (Phi) is 9.65. The van der Waals surface area contributed by atoms with Gasteiger partial charge in [0.1, 0.15) is 31.0 Å². The third-order valence-corrected chi connectivity index (χ3v) is 4.46. The smallest absolute Gasteiger partial charge is 0.405 e. The van der Waals surface area contributed by atoms with Crippen LogP contribution in [-0.4, -0.2) is 64.4 Å². The number of carboxylic acid groups (broad SMARTS) is 1. The number of rotatable bonds is 11. The highest BCUT2D eigenvalue weighted by molar-refractivity contribution is 5.92. The van der Waals surface area contributed by atoms with Crippen LogP contribution in [-0.2, 0) is 32.1 Å². The minimum absolute atomic E-state index is 0.0101. The molecule has 0 radical (unpaired) electrons. The number of ether oxygens (including phenoxy) is 1. The Morgan fingerprint density at radius 2 is 1.52 bits per heavy atom. The van der Waals surface area contributed by atoms with E-state index in [9.17, 15) is 29.4 Å². The molecule has 2 aromatic carbocycles. The lowest BCUT2D eigenvalue weighted by molar-refractivity contribution is -0.145. The number of benzene rings is 2. The fourth-order valence-corrected chi connectivity index (χ4v) is 2.76. The van der Waals surface area contributed by atoms with Gasteiger partial charge in [-0.15, -0.1) is 0 Å². The monoisotopic (exact) mass is 459 g/mol. The summed E-state index contributed by atoms with van der Waals surface area (Å²) >= 11 is 0. The highest BCUT2D eigenvalue weighted by Crippen LogP contribution is 2.11. The first kappa shape index (κ1) is 25.1. The lowest BCUT2D eigenvalue weighted by Gasteiger charge is -2.21. The SMILES string of the molecule is O=C(O)N[C@@H](CO)C(=O)N[C@@H](Cc1ccc(O)cc1)C(=O)NCC(=O)OCc1ccccc1. The molecular formula is C22H25N3O8. The minimum atomic E-state index is -1.52. The number of phenolic OH excluding ortho intramolecular Hbond substituents is 1. The molecule has 2 aromatic rings.